The van der Waals surface area contributed by atoms with Crippen LogP contribution in [0.4, 0.5) is 0 Å². The van der Waals surface area contributed by atoms with Crippen LogP contribution in [0.25, 0.3) is 16.9 Å². The molecule has 0 aliphatic rings. The van der Waals surface area contributed by atoms with E-state index < -0.39 is 0 Å². The molecule has 0 amide bonds. The lowest BCUT2D eigenvalue weighted by molar-refractivity contribution is 0.874. The number of hydrogen-bond acceptors (Lipinski definition) is 4. The molecule has 4 rings (SSSR count). The summed E-state index contributed by atoms with van der Waals surface area (Å²) in [5, 5.41) is 3.17. The van der Waals surface area contributed by atoms with Crippen LogP contribution in [0, 0.1) is 6.92 Å². The van der Waals surface area contributed by atoms with E-state index in [4.69, 9.17) is 0 Å². The third-order valence-electron chi connectivity index (χ3n) is 4.19. The topological polar surface area (TPSA) is 63.0 Å². The van der Waals surface area contributed by atoms with Crippen molar-refractivity contribution in [2.24, 2.45) is 0 Å². The number of nitrogens with zero attached hydrogens (tertiary/aromatic N) is 3. The number of nitrogens with one attached hydrogen (secondary N) is 1. The molecule has 6 heteroatoms. The molecule has 5 nitrogen and oxygen atoms in total. The van der Waals surface area contributed by atoms with E-state index >= 15 is 0 Å². The molecule has 1 unspecified atom stereocenters. The molecule has 3 heterocycles. The van der Waals surface area contributed by atoms with Crippen LogP contribution in [0.5, 0.6) is 0 Å². The van der Waals surface area contributed by atoms with Gasteiger partial charge in [-0.05, 0) is 38.1 Å². The third kappa shape index (κ3) is 3.28. The van der Waals surface area contributed by atoms with Crippen LogP contribution in [0.1, 0.15) is 23.4 Å². The van der Waals surface area contributed by atoms with Gasteiger partial charge in [-0.2, -0.15) is 0 Å². The molecule has 1 aromatic carbocycles. The molecule has 0 spiro atoms. The van der Waals surface area contributed by atoms with Gasteiger partial charge in [0.1, 0.15) is 0 Å². The molecular formula is C20H18N4OS. The van der Waals surface area contributed by atoms with Gasteiger partial charge in [0.05, 0.1) is 11.4 Å². The van der Waals surface area contributed by atoms with Crippen LogP contribution in [0.2, 0.25) is 0 Å². The Morgan fingerprint density at radius 1 is 1.15 bits per heavy atom. The summed E-state index contributed by atoms with van der Waals surface area (Å²) < 4.78 is 1.47. The number of rotatable bonds is 4. The highest BCUT2D eigenvalue weighted by atomic mass is 32.2. The zero-order valence-corrected chi connectivity index (χ0v) is 15.3. The molecule has 1 N–H and O–H groups in total. The van der Waals surface area contributed by atoms with E-state index in [0.29, 0.717) is 5.65 Å². The number of fused-ring (bicyclic) bond motifs is 1. The summed E-state index contributed by atoms with van der Waals surface area (Å²) in [5.74, 6) is 0. The zero-order chi connectivity index (χ0) is 18.1. The molecular weight excluding hydrogens is 344 g/mol. The second-order valence-electron chi connectivity index (χ2n) is 6.20. The predicted octanol–water partition coefficient (Wildman–Crippen LogP) is 4.25. The van der Waals surface area contributed by atoms with E-state index in [2.05, 4.69) is 53.2 Å². The Balaban J connectivity index is 1.68. The van der Waals surface area contributed by atoms with Gasteiger partial charge in [-0.1, -0.05) is 17.7 Å². The van der Waals surface area contributed by atoms with Crippen molar-refractivity contribution in [2.75, 3.05) is 0 Å². The van der Waals surface area contributed by atoms with Crippen LogP contribution in [0.15, 0.2) is 70.6 Å². The van der Waals surface area contributed by atoms with E-state index in [1.54, 1.807) is 30.2 Å². The van der Waals surface area contributed by atoms with Crippen molar-refractivity contribution in [3.8, 4) is 11.3 Å². The van der Waals surface area contributed by atoms with Crippen LogP contribution >= 0.6 is 11.8 Å². The van der Waals surface area contributed by atoms with Gasteiger partial charge in [-0.15, -0.1) is 11.8 Å². The highest BCUT2D eigenvalue weighted by molar-refractivity contribution is 7.99. The second kappa shape index (κ2) is 6.80. The average Bonchev–Trinajstić information content (AvgIpc) is 3.09. The van der Waals surface area contributed by atoms with Gasteiger partial charge in [-0.3, -0.25) is 14.9 Å². The summed E-state index contributed by atoms with van der Waals surface area (Å²) >= 11 is 1.69. The van der Waals surface area contributed by atoms with Crippen LogP contribution < -0.4 is 5.56 Å². The van der Waals surface area contributed by atoms with Crippen molar-refractivity contribution < 1.29 is 0 Å². The third-order valence-corrected chi connectivity index (χ3v) is 5.33. The number of pyridine rings is 1. The number of hydrogen-bond donors (Lipinski definition) is 1. The fourth-order valence-corrected chi connectivity index (χ4v) is 3.71. The molecule has 0 saturated heterocycles. The summed E-state index contributed by atoms with van der Waals surface area (Å²) in [5.41, 5.74) is 4.24. The first-order valence-corrected chi connectivity index (χ1v) is 9.24. The molecule has 0 aliphatic heterocycles. The Hall–Kier alpha value is -2.86. The quantitative estimate of drug-likeness (QED) is 0.551. The minimum atomic E-state index is -0.114. The van der Waals surface area contributed by atoms with E-state index in [9.17, 15) is 4.79 Å². The number of aryl methyl sites for hydroxylation is 1. The highest BCUT2D eigenvalue weighted by Crippen LogP contribution is 2.33. The molecule has 0 bridgehead atoms. The van der Waals surface area contributed by atoms with Crippen molar-refractivity contribution in [1.82, 2.24) is 19.6 Å². The van der Waals surface area contributed by atoms with Gasteiger partial charge >= 0.3 is 0 Å². The monoisotopic (exact) mass is 362 g/mol. The zero-order valence-electron chi connectivity index (χ0n) is 14.5. The number of H-pyrrole nitrogens is 1. The molecule has 3 aromatic heterocycles. The van der Waals surface area contributed by atoms with Gasteiger partial charge in [0.25, 0.3) is 5.56 Å². The van der Waals surface area contributed by atoms with Gasteiger partial charge in [0, 0.05) is 40.2 Å². The van der Waals surface area contributed by atoms with E-state index in [1.165, 1.54) is 10.1 Å². The smallest absolute Gasteiger partial charge is 0.272 e. The average molecular weight is 362 g/mol. The maximum atomic E-state index is 12.5. The van der Waals surface area contributed by atoms with E-state index in [-0.39, 0.29) is 10.8 Å². The first-order valence-electron chi connectivity index (χ1n) is 8.36. The lowest BCUT2D eigenvalue weighted by Gasteiger charge is -2.10. The van der Waals surface area contributed by atoms with Crippen molar-refractivity contribution >= 4 is 17.4 Å². The van der Waals surface area contributed by atoms with E-state index in [1.807, 2.05) is 18.2 Å². The summed E-state index contributed by atoms with van der Waals surface area (Å²) in [6, 6.07) is 15.7. The molecule has 0 fully saturated rings. The number of aromatic amines is 1. The lowest BCUT2D eigenvalue weighted by Crippen LogP contribution is -2.16. The largest absolute Gasteiger partial charge is 0.289 e. The Labute approximate surface area is 155 Å². The minimum absolute atomic E-state index is 0.0761. The maximum absolute atomic E-state index is 12.5. The standard InChI is InChI=1S/C20H18N4OS/c1-13-5-7-16(8-6-13)26-14(2)17-11-20(25)24-19(22-17)10-18(23-24)15-4-3-9-21-12-15/h3-12,14,23H,1-2H3. The fourth-order valence-electron chi connectivity index (χ4n) is 2.77. The lowest BCUT2D eigenvalue weighted by atomic mass is 10.2. The maximum Gasteiger partial charge on any atom is 0.272 e. The van der Waals surface area contributed by atoms with Gasteiger partial charge in [0.2, 0.25) is 0 Å². The summed E-state index contributed by atoms with van der Waals surface area (Å²) in [4.78, 5) is 22.5. The van der Waals surface area contributed by atoms with Crippen molar-refractivity contribution in [1.29, 1.82) is 0 Å². The summed E-state index contributed by atoms with van der Waals surface area (Å²) in [6.45, 7) is 4.14. The molecule has 1 atom stereocenters. The molecule has 130 valence electrons. The summed E-state index contributed by atoms with van der Waals surface area (Å²) in [7, 11) is 0. The number of benzene rings is 1. The predicted molar refractivity (Wildman–Crippen MR) is 104 cm³/mol. The number of aromatic nitrogens is 4. The van der Waals surface area contributed by atoms with Crippen molar-refractivity contribution in [3.05, 3.63) is 82.5 Å². The minimum Gasteiger partial charge on any atom is -0.289 e. The Bertz CT molecular complexity index is 1100. The highest BCUT2D eigenvalue weighted by Gasteiger charge is 2.13. The van der Waals surface area contributed by atoms with Crippen LogP contribution in [0.3, 0.4) is 0 Å². The van der Waals surface area contributed by atoms with Crippen molar-refractivity contribution in [2.45, 2.75) is 24.0 Å². The van der Waals surface area contributed by atoms with Gasteiger partial charge in [-0.25, -0.2) is 9.50 Å². The molecule has 0 saturated carbocycles. The Morgan fingerprint density at radius 2 is 1.96 bits per heavy atom. The van der Waals surface area contributed by atoms with Gasteiger partial charge in [0.15, 0.2) is 5.65 Å². The van der Waals surface area contributed by atoms with Crippen LogP contribution in [-0.4, -0.2) is 19.6 Å². The van der Waals surface area contributed by atoms with Gasteiger partial charge < -0.3 is 0 Å². The first-order chi connectivity index (χ1) is 12.6. The van der Waals surface area contributed by atoms with Crippen LogP contribution in [-0.2, 0) is 0 Å². The van der Waals surface area contributed by atoms with E-state index in [0.717, 1.165) is 21.8 Å². The Kier molecular flexibility index (Phi) is 4.34. The fraction of sp³-hybridized carbons (Fsp3) is 0.150. The first kappa shape index (κ1) is 16.6. The molecule has 0 radical (unpaired) electrons. The SMILES string of the molecule is Cc1ccc(SC(C)c2cc(=O)n3[nH]c(-c4cccnc4)cc3n2)cc1. The second-order valence-corrected chi connectivity index (χ2v) is 7.61. The summed E-state index contributed by atoms with van der Waals surface area (Å²) in [6.07, 6.45) is 3.48. The molecule has 0 aliphatic carbocycles. The molecule has 26 heavy (non-hydrogen) atoms. The Morgan fingerprint density at radius 3 is 2.69 bits per heavy atom. The van der Waals surface area contributed by atoms with Crippen molar-refractivity contribution in [3.63, 3.8) is 0 Å². The number of thioether (sulfide) groups is 1. The molecule has 4 aromatic rings. The normalized spacial score (nSPS) is 12.4.